The van der Waals surface area contributed by atoms with Gasteiger partial charge < -0.3 is 18.9 Å². The Hall–Kier alpha value is -5.68. The van der Waals surface area contributed by atoms with Crippen LogP contribution in [0.3, 0.4) is 0 Å². The first-order chi connectivity index (χ1) is 24.7. The van der Waals surface area contributed by atoms with E-state index in [9.17, 15) is 0 Å². The van der Waals surface area contributed by atoms with E-state index in [4.69, 9.17) is 43.4 Å². The van der Waals surface area contributed by atoms with E-state index in [0.29, 0.717) is 72.3 Å². The summed E-state index contributed by atoms with van der Waals surface area (Å²) in [7, 11) is 0. The van der Waals surface area contributed by atoms with E-state index in [1.165, 1.54) is 0 Å². The Morgan fingerprint density at radius 2 is 1.02 bits per heavy atom. The molecule has 0 amide bonds. The molecule has 0 saturated heterocycles. The summed E-state index contributed by atoms with van der Waals surface area (Å²) in [5, 5.41) is 23.2. The molecular weight excluding hydrogens is 677 g/mol. The highest BCUT2D eigenvalue weighted by atomic mass is 32.1. The van der Waals surface area contributed by atoms with Crippen molar-refractivity contribution in [1.29, 1.82) is 0 Å². The van der Waals surface area contributed by atoms with Crippen molar-refractivity contribution in [3.05, 3.63) is 118 Å². The first-order valence-electron chi connectivity index (χ1n) is 15.5. The standard InChI is InChI=1S/C34H32N10O4S2/c49-33-41-39-31(27-9-5-13-35-21-27)43(33)37-23-25-7-1-3-11-29(25)47-19-17-45-15-16-46-18-20-48-30-12-4-2-8-26(30)24-38-44-32(40-42-34(44)50)28-10-6-14-36-22-28/h1-14,21-24H,15-20H2,(H,41,49)(H,42,50)/b37-23-,38-24-. The van der Waals surface area contributed by atoms with E-state index in [1.807, 2.05) is 72.8 Å². The lowest BCUT2D eigenvalue weighted by Gasteiger charge is -2.11. The maximum atomic E-state index is 5.96. The molecule has 0 aliphatic heterocycles. The first-order valence-corrected chi connectivity index (χ1v) is 16.3. The zero-order chi connectivity index (χ0) is 34.4. The van der Waals surface area contributed by atoms with Crippen molar-refractivity contribution in [2.24, 2.45) is 10.2 Å². The number of hydrogen-bond donors (Lipinski definition) is 2. The van der Waals surface area contributed by atoms with Crippen molar-refractivity contribution in [1.82, 2.24) is 39.7 Å². The molecule has 0 bridgehead atoms. The summed E-state index contributed by atoms with van der Waals surface area (Å²) < 4.78 is 27.1. The van der Waals surface area contributed by atoms with Gasteiger partial charge in [0.25, 0.3) is 0 Å². The maximum Gasteiger partial charge on any atom is 0.216 e. The van der Waals surface area contributed by atoms with Crippen LogP contribution >= 0.6 is 24.4 Å². The van der Waals surface area contributed by atoms with Crippen LogP contribution in [0.2, 0.25) is 0 Å². The molecule has 0 atom stereocenters. The quantitative estimate of drug-likeness (QED) is 0.0698. The van der Waals surface area contributed by atoms with Crippen LogP contribution in [-0.4, -0.2) is 91.8 Å². The van der Waals surface area contributed by atoms with E-state index < -0.39 is 0 Å². The number of aromatic amines is 2. The molecule has 6 rings (SSSR count). The second-order valence-electron chi connectivity index (χ2n) is 10.3. The minimum Gasteiger partial charge on any atom is -0.491 e. The van der Waals surface area contributed by atoms with Gasteiger partial charge >= 0.3 is 0 Å². The molecule has 4 aromatic heterocycles. The number of pyridine rings is 2. The van der Waals surface area contributed by atoms with Gasteiger partial charge in [-0.3, -0.25) is 9.97 Å². The Morgan fingerprint density at radius 3 is 1.46 bits per heavy atom. The van der Waals surface area contributed by atoms with Crippen molar-refractivity contribution in [2.45, 2.75) is 0 Å². The van der Waals surface area contributed by atoms with Gasteiger partial charge in [-0.25, -0.2) is 10.2 Å². The van der Waals surface area contributed by atoms with Gasteiger partial charge in [-0.2, -0.15) is 29.8 Å². The Kier molecular flexibility index (Phi) is 12.1. The fourth-order valence-corrected chi connectivity index (χ4v) is 4.94. The first kappa shape index (κ1) is 34.2. The molecule has 2 aromatic carbocycles. The van der Waals surface area contributed by atoms with Gasteiger partial charge in [0.2, 0.25) is 9.54 Å². The van der Waals surface area contributed by atoms with Crippen molar-refractivity contribution >= 4 is 36.9 Å². The highest BCUT2D eigenvalue weighted by Gasteiger charge is 2.10. The van der Waals surface area contributed by atoms with Gasteiger partial charge in [0, 0.05) is 47.0 Å². The lowest BCUT2D eigenvalue weighted by atomic mass is 10.2. The van der Waals surface area contributed by atoms with Crippen molar-refractivity contribution in [3.63, 3.8) is 0 Å². The highest BCUT2D eigenvalue weighted by Crippen LogP contribution is 2.20. The Morgan fingerprint density at radius 1 is 0.580 bits per heavy atom. The smallest absolute Gasteiger partial charge is 0.216 e. The Balaban J connectivity index is 0.909. The van der Waals surface area contributed by atoms with Gasteiger partial charge in [0.05, 0.1) is 38.9 Å². The molecule has 0 spiro atoms. The molecule has 4 heterocycles. The zero-order valence-corrected chi connectivity index (χ0v) is 28.3. The van der Waals surface area contributed by atoms with Crippen molar-refractivity contribution < 1.29 is 18.9 Å². The third kappa shape index (κ3) is 9.06. The monoisotopic (exact) mass is 708 g/mol. The number of aromatic nitrogens is 8. The summed E-state index contributed by atoms with van der Waals surface area (Å²) >= 11 is 10.7. The fraction of sp³-hybridized carbons (Fsp3) is 0.176. The number of hydrogen-bond acceptors (Lipinski definition) is 12. The summed E-state index contributed by atoms with van der Waals surface area (Å²) in [6.45, 7) is 2.31. The number of para-hydroxylation sites is 2. The molecule has 0 aliphatic carbocycles. The van der Waals surface area contributed by atoms with Crippen LogP contribution in [0, 0.1) is 9.54 Å². The van der Waals surface area contributed by atoms with Gasteiger partial charge in [-0.15, -0.1) is 0 Å². The maximum absolute atomic E-state index is 5.96. The lowest BCUT2D eigenvalue weighted by molar-refractivity contribution is 0.0273. The number of rotatable bonds is 17. The topological polar surface area (TPSA) is 155 Å². The average molecular weight is 709 g/mol. The van der Waals surface area contributed by atoms with Crippen LogP contribution < -0.4 is 9.47 Å². The van der Waals surface area contributed by atoms with Crippen LogP contribution in [0.15, 0.2) is 108 Å². The summed E-state index contributed by atoms with van der Waals surface area (Å²) in [5.74, 6) is 2.45. The largest absolute Gasteiger partial charge is 0.491 e. The van der Waals surface area contributed by atoms with Gasteiger partial charge in [0.15, 0.2) is 11.6 Å². The van der Waals surface area contributed by atoms with Crippen molar-refractivity contribution in [3.8, 4) is 34.3 Å². The third-order valence-corrected chi connectivity index (χ3v) is 7.47. The minimum absolute atomic E-state index is 0.353. The number of H-pyrrole nitrogens is 2. The molecule has 0 unspecified atom stereocenters. The third-order valence-electron chi connectivity index (χ3n) is 6.95. The molecule has 0 fully saturated rings. The molecule has 50 heavy (non-hydrogen) atoms. The summed E-state index contributed by atoms with van der Waals surface area (Å²) in [6, 6.07) is 22.6. The number of nitrogens with one attached hydrogen (secondary N) is 2. The van der Waals surface area contributed by atoms with Gasteiger partial charge in [-0.05, 0) is 73.0 Å². The van der Waals surface area contributed by atoms with Gasteiger partial charge in [0.1, 0.15) is 24.7 Å². The molecule has 2 N–H and O–H groups in total. The number of nitrogens with zero attached hydrogens (tertiary/aromatic N) is 8. The van der Waals surface area contributed by atoms with Crippen LogP contribution in [0.5, 0.6) is 11.5 Å². The van der Waals surface area contributed by atoms with E-state index in [-0.39, 0.29) is 0 Å². The second kappa shape index (κ2) is 17.6. The normalized spacial score (nSPS) is 11.4. The molecule has 14 nitrogen and oxygen atoms in total. The van der Waals surface area contributed by atoms with E-state index in [1.54, 1.807) is 46.6 Å². The minimum atomic E-state index is 0.353. The fourth-order valence-electron chi connectivity index (χ4n) is 4.58. The molecular formula is C34H32N10O4S2. The number of ether oxygens (including phenoxy) is 4. The predicted octanol–water partition coefficient (Wildman–Crippen LogP) is 5.57. The van der Waals surface area contributed by atoms with E-state index >= 15 is 0 Å². The molecule has 6 aromatic rings. The zero-order valence-electron chi connectivity index (χ0n) is 26.7. The summed E-state index contributed by atoms with van der Waals surface area (Å²) in [4.78, 5) is 8.29. The highest BCUT2D eigenvalue weighted by molar-refractivity contribution is 7.71. The van der Waals surface area contributed by atoms with E-state index in [0.717, 1.165) is 22.3 Å². The second-order valence-corrected chi connectivity index (χ2v) is 11.1. The molecule has 0 aliphatic rings. The van der Waals surface area contributed by atoms with Crippen molar-refractivity contribution in [2.75, 3.05) is 39.6 Å². The van der Waals surface area contributed by atoms with E-state index in [2.05, 4.69) is 40.6 Å². The lowest BCUT2D eigenvalue weighted by Crippen LogP contribution is -2.14. The Bertz CT molecular complexity index is 1990. The predicted molar refractivity (Wildman–Crippen MR) is 193 cm³/mol. The van der Waals surface area contributed by atoms with Crippen LogP contribution in [-0.2, 0) is 9.47 Å². The van der Waals surface area contributed by atoms with Crippen LogP contribution in [0.1, 0.15) is 11.1 Å². The SMILES string of the molecule is S=c1[nH]nc(-c2cccnc2)n1/N=C\c1ccccc1OCCOCCOCCOc1ccccc1/C=N\n1c(-c2cccnc2)n[nH]c1=S. The Labute approximate surface area is 297 Å². The van der Waals surface area contributed by atoms with Crippen LogP contribution in [0.4, 0.5) is 0 Å². The van der Waals surface area contributed by atoms with Gasteiger partial charge in [-0.1, -0.05) is 24.3 Å². The molecule has 16 heteroatoms. The average Bonchev–Trinajstić information content (AvgIpc) is 3.72. The molecule has 0 radical (unpaired) electrons. The number of benzene rings is 2. The summed E-state index contributed by atoms with van der Waals surface area (Å²) in [6.07, 6.45) is 10.1. The molecule has 254 valence electrons. The summed E-state index contributed by atoms with van der Waals surface area (Å²) in [5.41, 5.74) is 3.14. The van der Waals surface area contributed by atoms with Crippen LogP contribution in [0.25, 0.3) is 22.8 Å². The molecule has 0 saturated carbocycles.